The number of thiazole rings is 1. The van der Waals surface area contributed by atoms with E-state index in [1.165, 1.54) is 35.6 Å². The molecule has 0 spiro atoms. The lowest BCUT2D eigenvalue weighted by atomic mass is 10.1. The van der Waals surface area contributed by atoms with Crippen LogP contribution in [-0.4, -0.2) is 17.4 Å². The van der Waals surface area contributed by atoms with Crippen LogP contribution in [0, 0.1) is 11.6 Å². The summed E-state index contributed by atoms with van der Waals surface area (Å²) in [6.07, 6.45) is 0.812. The summed E-state index contributed by atoms with van der Waals surface area (Å²) in [5.74, 6) is -0.726. The maximum atomic E-state index is 13.3. The van der Waals surface area contributed by atoms with Crippen LogP contribution in [0.4, 0.5) is 8.78 Å². The predicted octanol–water partition coefficient (Wildman–Crippen LogP) is 3.99. The van der Waals surface area contributed by atoms with Crippen molar-refractivity contribution in [3.05, 3.63) is 76.8 Å². The second-order valence-corrected chi connectivity index (χ2v) is 6.42. The number of halogens is 2. The first-order valence-electron chi connectivity index (χ1n) is 7.81. The molecule has 0 aliphatic rings. The number of nitrogens with one attached hydrogen (secondary N) is 1. The van der Waals surface area contributed by atoms with Crippen molar-refractivity contribution >= 4 is 17.2 Å². The third-order valence-electron chi connectivity index (χ3n) is 3.60. The summed E-state index contributed by atoms with van der Waals surface area (Å²) >= 11 is 1.45. The monoisotopic (exact) mass is 358 g/mol. The first-order valence-corrected chi connectivity index (χ1v) is 8.69. The Morgan fingerprint density at radius 1 is 1.08 bits per heavy atom. The number of hydrogen-bond acceptors (Lipinski definition) is 3. The Morgan fingerprint density at radius 2 is 1.88 bits per heavy atom. The molecule has 25 heavy (non-hydrogen) atoms. The van der Waals surface area contributed by atoms with E-state index in [2.05, 4.69) is 10.3 Å². The summed E-state index contributed by atoms with van der Waals surface area (Å²) in [5.41, 5.74) is 2.36. The minimum atomic E-state index is -0.318. The third kappa shape index (κ3) is 4.93. The van der Waals surface area contributed by atoms with E-state index >= 15 is 0 Å². The summed E-state index contributed by atoms with van der Waals surface area (Å²) in [6.45, 7) is 0.465. The zero-order valence-corrected chi connectivity index (χ0v) is 14.2. The lowest BCUT2D eigenvalue weighted by Crippen LogP contribution is -2.27. The Hall–Kier alpha value is -2.60. The van der Waals surface area contributed by atoms with Crippen LogP contribution in [0.3, 0.4) is 0 Å². The number of rotatable bonds is 6. The highest BCUT2D eigenvalue weighted by atomic mass is 32.1. The zero-order valence-electron chi connectivity index (χ0n) is 13.3. The average molecular weight is 358 g/mol. The smallest absolute Gasteiger partial charge is 0.224 e. The maximum absolute atomic E-state index is 13.3. The van der Waals surface area contributed by atoms with Crippen LogP contribution >= 0.6 is 11.3 Å². The molecular weight excluding hydrogens is 342 g/mol. The summed E-state index contributed by atoms with van der Waals surface area (Å²) in [4.78, 5) is 16.4. The predicted molar refractivity (Wildman–Crippen MR) is 94.3 cm³/mol. The van der Waals surface area contributed by atoms with E-state index in [0.717, 1.165) is 21.8 Å². The molecule has 3 nitrogen and oxygen atoms in total. The molecule has 0 radical (unpaired) electrons. The maximum Gasteiger partial charge on any atom is 0.224 e. The highest BCUT2D eigenvalue weighted by molar-refractivity contribution is 7.13. The molecule has 6 heteroatoms. The molecule has 0 atom stereocenters. The fraction of sp³-hybridized carbons (Fsp3) is 0.158. The van der Waals surface area contributed by atoms with Crippen molar-refractivity contribution in [3.8, 4) is 10.6 Å². The van der Waals surface area contributed by atoms with E-state index in [0.29, 0.717) is 13.0 Å². The fourth-order valence-electron chi connectivity index (χ4n) is 2.36. The first-order chi connectivity index (χ1) is 12.1. The van der Waals surface area contributed by atoms with Crippen molar-refractivity contribution in [2.45, 2.75) is 12.8 Å². The quantitative estimate of drug-likeness (QED) is 0.724. The molecule has 0 saturated carbocycles. The number of aromatic nitrogens is 1. The van der Waals surface area contributed by atoms with Crippen molar-refractivity contribution in [1.29, 1.82) is 0 Å². The van der Waals surface area contributed by atoms with Gasteiger partial charge >= 0.3 is 0 Å². The number of carbonyl (C=O) groups is 1. The average Bonchev–Trinajstić information content (AvgIpc) is 3.06. The zero-order chi connectivity index (χ0) is 17.6. The molecule has 0 aliphatic carbocycles. The molecule has 0 bridgehead atoms. The van der Waals surface area contributed by atoms with Crippen LogP contribution in [0.5, 0.6) is 0 Å². The summed E-state index contributed by atoms with van der Waals surface area (Å²) in [7, 11) is 0. The van der Waals surface area contributed by atoms with E-state index in [4.69, 9.17) is 0 Å². The van der Waals surface area contributed by atoms with Gasteiger partial charge in [-0.05, 0) is 29.8 Å². The minimum Gasteiger partial charge on any atom is -0.355 e. The number of hydrogen-bond donors (Lipinski definition) is 1. The van der Waals surface area contributed by atoms with Crippen LogP contribution < -0.4 is 5.32 Å². The van der Waals surface area contributed by atoms with Gasteiger partial charge in [-0.1, -0.05) is 24.3 Å². The topological polar surface area (TPSA) is 42.0 Å². The first kappa shape index (κ1) is 17.2. The minimum absolute atomic E-state index is 0.118. The van der Waals surface area contributed by atoms with Gasteiger partial charge < -0.3 is 5.32 Å². The van der Waals surface area contributed by atoms with Gasteiger partial charge in [-0.15, -0.1) is 11.3 Å². The van der Waals surface area contributed by atoms with Crippen molar-refractivity contribution in [2.75, 3.05) is 6.54 Å². The highest BCUT2D eigenvalue weighted by Gasteiger charge is 2.07. The van der Waals surface area contributed by atoms with Gasteiger partial charge in [0.15, 0.2) is 0 Å². The van der Waals surface area contributed by atoms with E-state index in [9.17, 15) is 13.6 Å². The Balaban J connectivity index is 1.49. The Kier molecular flexibility index (Phi) is 5.50. The van der Waals surface area contributed by atoms with Gasteiger partial charge in [-0.25, -0.2) is 13.8 Å². The van der Waals surface area contributed by atoms with Crippen LogP contribution in [0.25, 0.3) is 10.6 Å². The number of nitrogens with zero attached hydrogens (tertiary/aromatic N) is 1. The molecule has 1 N–H and O–H groups in total. The van der Waals surface area contributed by atoms with Gasteiger partial charge in [0, 0.05) is 23.9 Å². The van der Waals surface area contributed by atoms with Gasteiger partial charge in [-0.2, -0.15) is 0 Å². The van der Waals surface area contributed by atoms with Crippen molar-refractivity contribution in [3.63, 3.8) is 0 Å². The van der Waals surface area contributed by atoms with Crippen molar-refractivity contribution in [2.24, 2.45) is 0 Å². The van der Waals surface area contributed by atoms with Crippen LogP contribution in [0.2, 0.25) is 0 Å². The largest absolute Gasteiger partial charge is 0.355 e. The Morgan fingerprint density at radius 3 is 2.64 bits per heavy atom. The molecule has 1 amide bonds. The van der Waals surface area contributed by atoms with Gasteiger partial charge in [0.25, 0.3) is 0 Å². The van der Waals surface area contributed by atoms with E-state index < -0.39 is 0 Å². The molecule has 3 rings (SSSR count). The van der Waals surface area contributed by atoms with E-state index in [-0.39, 0.29) is 24.0 Å². The lowest BCUT2D eigenvalue weighted by Gasteiger charge is -2.04. The second-order valence-electron chi connectivity index (χ2n) is 5.56. The van der Waals surface area contributed by atoms with Crippen LogP contribution in [0.1, 0.15) is 11.3 Å². The lowest BCUT2D eigenvalue weighted by molar-refractivity contribution is -0.120. The van der Waals surface area contributed by atoms with Gasteiger partial charge in [0.1, 0.15) is 16.6 Å². The third-order valence-corrected chi connectivity index (χ3v) is 4.54. The molecule has 2 aromatic carbocycles. The highest BCUT2D eigenvalue weighted by Crippen LogP contribution is 2.24. The standard InChI is InChI=1S/C19H16F2N2OS/c20-15-6-4-13(5-7-15)10-18(24)22-9-8-17-12-25-19(23-17)14-2-1-3-16(21)11-14/h1-7,11-12H,8-10H2,(H,22,24). The van der Waals surface area contributed by atoms with Gasteiger partial charge in [0.2, 0.25) is 5.91 Å². The summed E-state index contributed by atoms with van der Waals surface area (Å²) < 4.78 is 26.1. The van der Waals surface area contributed by atoms with E-state index in [1.807, 2.05) is 11.4 Å². The molecule has 0 saturated heterocycles. The van der Waals surface area contributed by atoms with Crippen LogP contribution in [0.15, 0.2) is 53.9 Å². The van der Waals surface area contributed by atoms with Gasteiger partial charge in [-0.3, -0.25) is 4.79 Å². The fourth-order valence-corrected chi connectivity index (χ4v) is 3.21. The molecular formula is C19H16F2N2OS. The normalized spacial score (nSPS) is 10.6. The van der Waals surface area contributed by atoms with Crippen LogP contribution in [-0.2, 0) is 17.6 Å². The SMILES string of the molecule is O=C(Cc1ccc(F)cc1)NCCc1csc(-c2cccc(F)c2)n1. The van der Waals surface area contributed by atoms with Gasteiger partial charge in [0.05, 0.1) is 12.1 Å². The number of benzene rings is 2. The molecule has 0 unspecified atom stereocenters. The molecule has 1 heterocycles. The second kappa shape index (κ2) is 7.98. The number of carbonyl (C=O) groups excluding carboxylic acids is 1. The molecule has 3 aromatic rings. The molecule has 0 fully saturated rings. The molecule has 128 valence electrons. The number of amides is 1. The Bertz CT molecular complexity index is 862. The molecule has 0 aliphatic heterocycles. The van der Waals surface area contributed by atoms with E-state index in [1.54, 1.807) is 18.2 Å². The summed E-state index contributed by atoms with van der Waals surface area (Å²) in [5, 5.41) is 5.49. The summed E-state index contributed by atoms with van der Waals surface area (Å²) in [6, 6.07) is 12.2. The van der Waals surface area contributed by atoms with Crippen molar-refractivity contribution < 1.29 is 13.6 Å². The van der Waals surface area contributed by atoms with Crippen molar-refractivity contribution in [1.82, 2.24) is 10.3 Å². The Labute approximate surface area is 148 Å². The molecule has 1 aromatic heterocycles.